The fraction of sp³-hybridized carbons (Fsp3) is 0.286. The van der Waals surface area contributed by atoms with Gasteiger partial charge in [-0.2, -0.15) is 0 Å². The summed E-state index contributed by atoms with van der Waals surface area (Å²) in [6.07, 6.45) is 4.12. The van der Waals surface area contributed by atoms with E-state index in [9.17, 15) is 4.79 Å². The maximum atomic E-state index is 11.6. The maximum Gasteiger partial charge on any atom is 0.224 e. The molecule has 0 fully saturated rings. The van der Waals surface area contributed by atoms with Gasteiger partial charge in [0.25, 0.3) is 0 Å². The first-order valence-electron chi connectivity index (χ1n) is 5.79. The second-order valence-electron chi connectivity index (χ2n) is 4.58. The number of aromatic nitrogens is 1. The number of hydrogen-bond donors (Lipinski definition) is 1. The molecule has 0 saturated carbocycles. The van der Waals surface area contributed by atoms with Gasteiger partial charge < -0.3 is 5.32 Å². The molecule has 0 aliphatic rings. The Morgan fingerprint density at radius 1 is 1.29 bits per heavy atom. The number of amides is 1. The van der Waals surface area contributed by atoms with E-state index < -0.39 is 0 Å². The molecule has 0 radical (unpaired) electrons. The number of carbonyl (C=O) groups is 1. The molecule has 1 aromatic carbocycles. The minimum atomic E-state index is 0.0633. The molecule has 0 atom stereocenters. The lowest BCUT2D eigenvalue weighted by Crippen LogP contribution is -2.13. The predicted molar refractivity (Wildman–Crippen MR) is 69.8 cm³/mol. The fourth-order valence-corrected chi connectivity index (χ4v) is 1.74. The number of nitrogens with one attached hydrogen (secondary N) is 1. The first kappa shape index (κ1) is 11.6. The average molecular weight is 228 g/mol. The Bertz CT molecular complexity index is 534. The number of rotatable bonds is 3. The van der Waals surface area contributed by atoms with Crippen LogP contribution in [0.3, 0.4) is 0 Å². The van der Waals surface area contributed by atoms with Gasteiger partial charge in [0.05, 0.1) is 0 Å². The van der Waals surface area contributed by atoms with Gasteiger partial charge in [-0.25, -0.2) is 0 Å². The number of nitrogens with zero attached hydrogens (tertiary/aromatic N) is 1. The Labute approximate surface area is 101 Å². The molecule has 3 nitrogen and oxygen atoms in total. The highest BCUT2D eigenvalue weighted by Crippen LogP contribution is 2.18. The zero-order chi connectivity index (χ0) is 12.3. The number of hydrogen-bond acceptors (Lipinski definition) is 2. The van der Waals surface area contributed by atoms with Crippen molar-refractivity contribution in [3.8, 4) is 0 Å². The first-order valence-corrected chi connectivity index (χ1v) is 5.79. The molecular weight excluding hydrogens is 212 g/mol. The molecule has 0 bridgehead atoms. The summed E-state index contributed by atoms with van der Waals surface area (Å²) in [6, 6.07) is 7.78. The Morgan fingerprint density at radius 2 is 2.12 bits per heavy atom. The largest absolute Gasteiger partial charge is 0.326 e. The average Bonchev–Trinajstić information content (AvgIpc) is 2.27. The normalized spacial score (nSPS) is 10.8. The van der Waals surface area contributed by atoms with Crippen LogP contribution < -0.4 is 5.32 Å². The smallest absolute Gasteiger partial charge is 0.224 e. The fourth-order valence-electron chi connectivity index (χ4n) is 1.74. The predicted octanol–water partition coefficient (Wildman–Crippen LogP) is 3.22. The lowest BCUT2D eigenvalue weighted by atomic mass is 10.1. The van der Waals surface area contributed by atoms with Crippen molar-refractivity contribution in [2.45, 2.75) is 20.3 Å². The van der Waals surface area contributed by atoms with Crippen molar-refractivity contribution in [2.24, 2.45) is 5.92 Å². The van der Waals surface area contributed by atoms with Gasteiger partial charge in [-0.05, 0) is 29.5 Å². The molecule has 1 amide bonds. The molecule has 88 valence electrons. The molecule has 0 unspecified atom stereocenters. The molecule has 0 saturated heterocycles. The monoisotopic (exact) mass is 228 g/mol. The van der Waals surface area contributed by atoms with Gasteiger partial charge >= 0.3 is 0 Å². The molecule has 0 aliphatic carbocycles. The van der Waals surface area contributed by atoms with E-state index in [0.29, 0.717) is 12.3 Å². The van der Waals surface area contributed by atoms with Crippen LogP contribution in [0.1, 0.15) is 20.3 Å². The summed E-state index contributed by atoms with van der Waals surface area (Å²) in [6.45, 7) is 4.07. The van der Waals surface area contributed by atoms with E-state index in [0.717, 1.165) is 16.5 Å². The third-order valence-electron chi connectivity index (χ3n) is 2.52. The van der Waals surface area contributed by atoms with Gasteiger partial charge in [-0.3, -0.25) is 9.78 Å². The van der Waals surface area contributed by atoms with Crippen LogP contribution in [-0.2, 0) is 4.79 Å². The van der Waals surface area contributed by atoms with E-state index in [4.69, 9.17) is 0 Å². The van der Waals surface area contributed by atoms with E-state index in [1.54, 1.807) is 6.20 Å². The van der Waals surface area contributed by atoms with Crippen molar-refractivity contribution in [1.29, 1.82) is 0 Å². The second kappa shape index (κ2) is 4.95. The van der Waals surface area contributed by atoms with Gasteiger partial charge in [0.1, 0.15) is 0 Å². The van der Waals surface area contributed by atoms with Crippen molar-refractivity contribution in [1.82, 2.24) is 4.98 Å². The van der Waals surface area contributed by atoms with Crippen LogP contribution >= 0.6 is 0 Å². The standard InChI is InChI=1S/C14H16N2O/c1-10(2)7-14(17)16-13-4-3-12-9-15-6-5-11(12)8-13/h3-6,8-10H,7H2,1-2H3,(H,16,17). The number of pyridine rings is 1. The van der Waals surface area contributed by atoms with E-state index in [-0.39, 0.29) is 5.91 Å². The van der Waals surface area contributed by atoms with Crippen LogP contribution in [0.5, 0.6) is 0 Å². The SMILES string of the molecule is CC(C)CC(=O)Nc1ccc2cnccc2c1. The number of anilines is 1. The molecule has 2 aromatic rings. The minimum Gasteiger partial charge on any atom is -0.326 e. The molecule has 17 heavy (non-hydrogen) atoms. The number of benzene rings is 1. The van der Waals surface area contributed by atoms with Crippen molar-refractivity contribution in [3.63, 3.8) is 0 Å². The molecule has 0 aliphatic heterocycles. The highest BCUT2D eigenvalue weighted by atomic mass is 16.1. The molecule has 1 N–H and O–H groups in total. The summed E-state index contributed by atoms with van der Waals surface area (Å²) in [5.41, 5.74) is 0.842. The molecule has 3 heteroatoms. The van der Waals surface area contributed by atoms with E-state index in [2.05, 4.69) is 10.3 Å². The van der Waals surface area contributed by atoms with Gasteiger partial charge in [-0.1, -0.05) is 19.9 Å². The summed E-state index contributed by atoms with van der Waals surface area (Å²) in [4.78, 5) is 15.7. The van der Waals surface area contributed by atoms with Gasteiger partial charge in [-0.15, -0.1) is 0 Å². The van der Waals surface area contributed by atoms with Crippen LogP contribution in [0.2, 0.25) is 0 Å². The van der Waals surface area contributed by atoms with Crippen LogP contribution in [-0.4, -0.2) is 10.9 Å². The minimum absolute atomic E-state index is 0.0633. The maximum absolute atomic E-state index is 11.6. The molecule has 2 rings (SSSR count). The zero-order valence-corrected chi connectivity index (χ0v) is 10.1. The van der Waals surface area contributed by atoms with E-state index in [1.807, 2.05) is 44.3 Å². The van der Waals surface area contributed by atoms with Crippen LogP contribution in [0.4, 0.5) is 5.69 Å². The van der Waals surface area contributed by atoms with Crippen LogP contribution in [0.15, 0.2) is 36.7 Å². The Kier molecular flexibility index (Phi) is 3.38. The van der Waals surface area contributed by atoms with Crippen molar-refractivity contribution < 1.29 is 4.79 Å². The highest BCUT2D eigenvalue weighted by molar-refractivity contribution is 5.94. The summed E-state index contributed by atoms with van der Waals surface area (Å²) in [5.74, 6) is 0.438. The number of fused-ring (bicyclic) bond motifs is 1. The van der Waals surface area contributed by atoms with Gasteiger partial charge in [0, 0.05) is 29.9 Å². The Morgan fingerprint density at radius 3 is 2.88 bits per heavy atom. The van der Waals surface area contributed by atoms with E-state index in [1.165, 1.54) is 0 Å². The third-order valence-corrected chi connectivity index (χ3v) is 2.52. The summed E-state index contributed by atoms with van der Waals surface area (Å²) in [7, 11) is 0. The first-order chi connectivity index (χ1) is 8.15. The molecule has 1 heterocycles. The van der Waals surface area contributed by atoms with Crippen molar-refractivity contribution in [2.75, 3.05) is 5.32 Å². The topological polar surface area (TPSA) is 42.0 Å². The van der Waals surface area contributed by atoms with Crippen molar-refractivity contribution >= 4 is 22.4 Å². The number of carbonyl (C=O) groups excluding carboxylic acids is 1. The second-order valence-corrected chi connectivity index (χ2v) is 4.58. The summed E-state index contributed by atoms with van der Waals surface area (Å²) < 4.78 is 0. The van der Waals surface area contributed by atoms with Crippen molar-refractivity contribution in [3.05, 3.63) is 36.7 Å². The van der Waals surface area contributed by atoms with Crippen LogP contribution in [0.25, 0.3) is 10.8 Å². The lowest BCUT2D eigenvalue weighted by molar-refractivity contribution is -0.116. The quantitative estimate of drug-likeness (QED) is 0.876. The summed E-state index contributed by atoms with van der Waals surface area (Å²) in [5, 5.41) is 5.07. The Balaban J connectivity index is 2.17. The summed E-state index contributed by atoms with van der Waals surface area (Å²) >= 11 is 0. The van der Waals surface area contributed by atoms with Crippen LogP contribution in [0, 0.1) is 5.92 Å². The molecular formula is C14H16N2O. The zero-order valence-electron chi connectivity index (χ0n) is 10.1. The van der Waals surface area contributed by atoms with E-state index >= 15 is 0 Å². The lowest BCUT2D eigenvalue weighted by Gasteiger charge is -2.07. The molecule has 1 aromatic heterocycles. The highest BCUT2D eigenvalue weighted by Gasteiger charge is 2.05. The molecule has 0 spiro atoms. The Hall–Kier alpha value is -1.90. The third kappa shape index (κ3) is 3.03. The van der Waals surface area contributed by atoms with Gasteiger partial charge in [0.2, 0.25) is 5.91 Å². The van der Waals surface area contributed by atoms with Gasteiger partial charge in [0.15, 0.2) is 0 Å².